The molecule has 0 fully saturated rings. The topological polar surface area (TPSA) is 52.9 Å². The summed E-state index contributed by atoms with van der Waals surface area (Å²) in [4.78, 5) is 0. The van der Waals surface area contributed by atoms with Gasteiger partial charge in [-0.3, -0.25) is 4.21 Å². The molecule has 2 unspecified atom stereocenters. The molecule has 0 aliphatic heterocycles. The van der Waals surface area contributed by atoms with Gasteiger partial charge in [-0.05, 0) is 31.5 Å². The number of nitrogens with zero attached hydrogens (tertiary/aromatic N) is 1. The minimum absolute atomic E-state index is 0.0760. The average Bonchev–Trinajstić information content (AvgIpc) is 2.25. The third-order valence-electron chi connectivity index (χ3n) is 2.44. The Morgan fingerprint density at radius 3 is 2.81 bits per heavy atom. The summed E-state index contributed by atoms with van der Waals surface area (Å²) < 4.78 is 11.2. The van der Waals surface area contributed by atoms with Crippen LogP contribution in [0.4, 0.5) is 5.69 Å². The van der Waals surface area contributed by atoms with Crippen LogP contribution in [-0.4, -0.2) is 22.3 Å². The Morgan fingerprint density at radius 2 is 2.25 bits per heavy atom. The highest BCUT2D eigenvalue weighted by Gasteiger charge is 2.07. The van der Waals surface area contributed by atoms with Gasteiger partial charge >= 0.3 is 0 Å². The number of aryl methyl sites for hydroxylation is 1. The fourth-order valence-corrected chi connectivity index (χ4v) is 1.59. The molecule has 1 aromatic rings. The zero-order valence-corrected chi connectivity index (χ0v) is 10.6. The van der Waals surface area contributed by atoms with Crippen LogP contribution in [0.1, 0.15) is 18.1 Å². The standard InChI is InChI=1S/C12H16N2OS/c1-9-4-5-11(7-13)12(6-9)14-8-10(2)16(3)15/h4-6,10,14H,8H2,1-3H3. The first-order valence-electron chi connectivity index (χ1n) is 5.11. The number of benzene rings is 1. The average molecular weight is 236 g/mol. The smallest absolute Gasteiger partial charge is 0.101 e. The monoisotopic (exact) mass is 236 g/mol. The molecule has 1 aromatic carbocycles. The Balaban J connectivity index is 2.77. The Morgan fingerprint density at radius 1 is 1.56 bits per heavy atom. The van der Waals surface area contributed by atoms with E-state index in [1.807, 2.05) is 26.0 Å². The van der Waals surface area contributed by atoms with Gasteiger partial charge in [0.15, 0.2) is 0 Å². The van der Waals surface area contributed by atoms with Crippen molar-refractivity contribution in [3.05, 3.63) is 29.3 Å². The van der Waals surface area contributed by atoms with Crippen molar-refractivity contribution in [2.75, 3.05) is 18.1 Å². The zero-order valence-electron chi connectivity index (χ0n) is 9.78. The van der Waals surface area contributed by atoms with Crippen molar-refractivity contribution >= 4 is 16.5 Å². The van der Waals surface area contributed by atoms with Crippen LogP contribution >= 0.6 is 0 Å². The van der Waals surface area contributed by atoms with E-state index < -0.39 is 10.8 Å². The van der Waals surface area contributed by atoms with Crippen molar-refractivity contribution in [1.82, 2.24) is 0 Å². The van der Waals surface area contributed by atoms with Crippen molar-refractivity contribution in [1.29, 1.82) is 5.26 Å². The van der Waals surface area contributed by atoms with Crippen LogP contribution in [0.2, 0.25) is 0 Å². The predicted molar refractivity (Wildman–Crippen MR) is 67.9 cm³/mol. The molecule has 16 heavy (non-hydrogen) atoms. The maximum Gasteiger partial charge on any atom is 0.101 e. The van der Waals surface area contributed by atoms with Crippen LogP contribution in [0.3, 0.4) is 0 Å². The van der Waals surface area contributed by atoms with Crippen LogP contribution in [0.5, 0.6) is 0 Å². The van der Waals surface area contributed by atoms with Gasteiger partial charge < -0.3 is 5.32 Å². The summed E-state index contributed by atoms with van der Waals surface area (Å²) in [6.07, 6.45) is 1.69. The van der Waals surface area contributed by atoms with Crippen molar-refractivity contribution in [2.24, 2.45) is 0 Å². The lowest BCUT2D eigenvalue weighted by molar-refractivity contribution is 0.679. The first-order chi connectivity index (χ1) is 7.54. The second-order valence-corrected chi connectivity index (χ2v) is 5.65. The summed E-state index contributed by atoms with van der Waals surface area (Å²) in [7, 11) is -0.843. The fraction of sp³-hybridized carbons (Fsp3) is 0.417. The quantitative estimate of drug-likeness (QED) is 0.870. The minimum Gasteiger partial charge on any atom is -0.383 e. The molecular weight excluding hydrogens is 220 g/mol. The summed E-state index contributed by atoms with van der Waals surface area (Å²) in [6.45, 7) is 4.51. The van der Waals surface area contributed by atoms with Crippen molar-refractivity contribution < 1.29 is 4.21 Å². The van der Waals surface area contributed by atoms with Crippen LogP contribution in [-0.2, 0) is 10.8 Å². The molecule has 4 heteroatoms. The lowest BCUT2D eigenvalue weighted by Gasteiger charge is -2.12. The lowest BCUT2D eigenvalue weighted by Crippen LogP contribution is -2.21. The number of hydrogen-bond donors (Lipinski definition) is 1. The predicted octanol–water partition coefficient (Wildman–Crippen LogP) is 2.05. The minimum atomic E-state index is -0.843. The molecule has 1 rings (SSSR count). The summed E-state index contributed by atoms with van der Waals surface area (Å²) >= 11 is 0. The molecule has 0 radical (unpaired) electrons. The van der Waals surface area contributed by atoms with Gasteiger partial charge in [-0.15, -0.1) is 0 Å². The number of hydrogen-bond acceptors (Lipinski definition) is 3. The Labute approximate surface area is 98.9 Å². The molecule has 0 heterocycles. The van der Waals surface area contributed by atoms with E-state index in [0.29, 0.717) is 12.1 Å². The first-order valence-corrected chi connectivity index (χ1v) is 6.73. The van der Waals surface area contributed by atoms with Gasteiger partial charge in [0.05, 0.1) is 11.3 Å². The number of anilines is 1. The van der Waals surface area contributed by atoms with Gasteiger partial charge in [0.1, 0.15) is 6.07 Å². The Hall–Kier alpha value is -1.34. The van der Waals surface area contributed by atoms with Crippen LogP contribution in [0, 0.1) is 18.3 Å². The fourth-order valence-electron chi connectivity index (χ4n) is 1.27. The molecule has 2 atom stereocenters. The van der Waals surface area contributed by atoms with Gasteiger partial charge in [0.2, 0.25) is 0 Å². The molecule has 0 saturated heterocycles. The van der Waals surface area contributed by atoms with E-state index in [9.17, 15) is 4.21 Å². The second kappa shape index (κ2) is 5.66. The molecule has 0 amide bonds. The third kappa shape index (κ3) is 3.35. The Bertz CT molecular complexity index is 437. The van der Waals surface area contributed by atoms with E-state index >= 15 is 0 Å². The highest BCUT2D eigenvalue weighted by molar-refractivity contribution is 7.84. The van der Waals surface area contributed by atoms with Gasteiger partial charge in [-0.1, -0.05) is 6.07 Å². The zero-order chi connectivity index (χ0) is 12.1. The molecule has 3 nitrogen and oxygen atoms in total. The largest absolute Gasteiger partial charge is 0.383 e. The van der Waals surface area contributed by atoms with E-state index in [4.69, 9.17) is 5.26 Å². The van der Waals surface area contributed by atoms with Gasteiger partial charge in [-0.2, -0.15) is 5.26 Å². The molecule has 0 aliphatic carbocycles. The normalized spacial score (nSPS) is 13.9. The van der Waals surface area contributed by atoms with Crippen molar-refractivity contribution in [2.45, 2.75) is 19.1 Å². The van der Waals surface area contributed by atoms with Crippen LogP contribution in [0.15, 0.2) is 18.2 Å². The molecule has 0 aromatic heterocycles. The second-order valence-electron chi connectivity index (χ2n) is 3.85. The number of rotatable bonds is 4. The van der Waals surface area contributed by atoms with E-state index in [1.54, 1.807) is 12.3 Å². The summed E-state index contributed by atoms with van der Waals surface area (Å²) in [5.41, 5.74) is 2.55. The van der Waals surface area contributed by atoms with Crippen molar-refractivity contribution in [3.8, 4) is 6.07 Å². The molecule has 86 valence electrons. The molecule has 0 bridgehead atoms. The molecule has 0 saturated carbocycles. The third-order valence-corrected chi connectivity index (χ3v) is 3.74. The first kappa shape index (κ1) is 12.7. The maximum absolute atomic E-state index is 11.2. The van der Waals surface area contributed by atoms with Gasteiger partial charge in [-0.25, -0.2) is 0 Å². The lowest BCUT2D eigenvalue weighted by atomic mass is 10.1. The molecule has 0 spiro atoms. The SMILES string of the molecule is Cc1ccc(C#N)c(NCC(C)S(C)=O)c1. The number of nitrogens with one attached hydrogen (secondary N) is 1. The highest BCUT2D eigenvalue weighted by Crippen LogP contribution is 2.16. The van der Waals surface area contributed by atoms with E-state index in [1.165, 1.54) is 0 Å². The van der Waals surface area contributed by atoms with E-state index in [-0.39, 0.29) is 5.25 Å². The van der Waals surface area contributed by atoms with E-state index in [2.05, 4.69) is 11.4 Å². The van der Waals surface area contributed by atoms with Gasteiger partial charge in [0.25, 0.3) is 0 Å². The molecular formula is C12H16N2OS. The van der Waals surface area contributed by atoms with Crippen molar-refractivity contribution in [3.63, 3.8) is 0 Å². The highest BCUT2D eigenvalue weighted by atomic mass is 32.2. The van der Waals surface area contributed by atoms with E-state index in [0.717, 1.165) is 11.3 Å². The van der Waals surface area contributed by atoms with Crippen LogP contribution in [0.25, 0.3) is 0 Å². The summed E-state index contributed by atoms with van der Waals surface area (Å²) in [5.74, 6) is 0. The molecule has 1 N–H and O–H groups in total. The maximum atomic E-state index is 11.2. The van der Waals surface area contributed by atoms with Crippen LogP contribution < -0.4 is 5.32 Å². The Kier molecular flexibility index (Phi) is 4.51. The summed E-state index contributed by atoms with van der Waals surface area (Å²) in [5, 5.41) is 12.2. The molecule has 0 aliphatic rings. The number of nitriles is 1. The van der Waals surface area contributed by atoms with Gasteiger partial charge in [0, 0.05) is 28.9 Å². The summed E-state index contributed by atoms with van der Waals surface area (Å²) in [6, 6.07) is 7.78.